The topological polar surface area (TPSA) is 67.3 Å². The van der Waals surface area contributed by atoms with Crippen molar-refractivity contribution in [2.75, 3.05) is 0 Å². The molecular formula is C7H6ClF2NO3S. The van der Waals surface area contributed by atoms with Crippen molar-refractivity contribution in [3.63, 3.8) is 0 Å². The first-order chi connectivity index (χ1) is 6.73. The summed E-state index contributed by atoms with van der Waals surface area (Å²) in [6.45, 7) is 1.21. The third-order valence-electron chi connectivity index (χ3n) is 1.64. The fourth-order valence-electron chi connectivity index (χ4n) is 1.00. The normalized spacial score (nSPS) is 12.1. The molecule has 0 aliphatic heterocycles. The number of pyridine rings is 1. The molecule has 4 nitrogen and oxygen atoms in total. The highest BCUT2D eigenvalue weighted by Crippen LogP contribution is 2.30. The minimum Gasteiger partial charge on any atom is -0.506 e. The highest BCUT2D eigenvalue weighted by Gasteiger charge is 2.21. The monoisotopic (exact) mass is 257 g/mol. The summed E-state index contributed by atoms with van der Waals surface area (Å²) in [6, 6.07) is 0.659. The Morgan fingerprint density at radius 2 is 2.07 bits per heavy atom. The fraction of sp³-hybridized carbons (Fsp3) is 0.286. The van der Waals surface area contributed by atoms with E-state index >= 15 is 0 Å². The second-order valence-corrected chi connectivity index (χ2v) is 5.25. The lowest BCUT2D eigenvalue weighted by Crippen LogP contribution is -2.01. The van der Waals surface area contributed by atoms with Crippen LogP contribution in [0.2, 0.25) is 0 Å². The van der Waals surface area contributed by atoms with Gasteiger partial charge in [-0.1, -0.05) is 0 Å². The smallest absolute Gasteiger partial charge is 0.284 e. The summed E-state index contributed by atoms with van der Waals surface area (Å²) in [5.74, 6) is -0.894. The van der Waals surface area contributed by atoms with Crippen LogP contribution in [0.3, 0.4) is 0 Å². The zero-order chi connectivity index (χ0) is 11.8. The van der Waals surface area contributed by atoms with Crippen LogP contribution in [-0.2, 0) is 9.05 Å². The van der Waals surface area contributed by atoms with Gasteiger partial charge in [-0.15, -0.1) is 0 Å². The minimum atomic E-state index is -4.09. The summed E-state index contributed by atoms with van der Waals surface area (Å²) >= 11 is 0. The molecule has 0 amide bonds. The van der Waals surface area contributed by atoms with Crippen molar-refractivity contribution in [1.82, 2.24) is 4.98 Å². The molecule has 1 aromatic heterocycles. The van der Waals surface area contributed by atoms with Gasteiger partial charge in [0, 0.05) is 16.7 Å². The van der Waals surface area contributed by atoms with Crippen LogP contribution < -0.4 is 0 Å². The lowest BCUT2D eigenvalue weighted by atomic mass is 10.3. The average molecular weight is 258 g/mol. The third-order valence-corrected chi connectivity index (χ3v) is 3.08. The van der Waals surface area contributed by atoms with E-state index < -0.39 is 31.8 Å². The molecule has 0 aliphatic carbocycles. The van der Waals surface area contributed by atoms with Crippen LogP contribution in [0.4, 0.5) is 8.78 Å². The highest BCUT2D eigenvalue weighted by atomic mass is 35.7. The lowest BCUT2D eigenvalue weighted by Gasteiger charge is -2.06. The van der Waals surface area contributed by atoms with Crippen LogP contribution in [-0.4, -0.2) is 18.5 Å². The van der Waals surface area contributed by atoms with E-state index in [1.54, 1.807) is 0 Å². The summed E-state index contributed by atoms with van der Waals surface area (Å²) in [7, 11) is 0.908. The second-order valence-electron chi connectivity index (χ2n) is 2.71. The molecule has 84 valence electrons. The largest absolute Gasteiger partial charge is 0.506 e. The van der Waals surface area contributed by atoms with Crippen molar-refractivity contribution in [2.45, 2.75) is 18.2 Å². The Balaban J connectivity index is 3.46. The van der Waals surface area contributed by atoms with Gasteiger partial charge in [-0.2, -0.15) is 0 Å². The molecule has 0 fully saturated rings. The number of aromatic hydroxyl groups is 1. The van der Waals surface area contributed by atoms with Crippen molar-refractivity contribution in [3.05, 3.63) is 17.5 Å². The van der Waals surface area contributed by atoms with Crippen molar-refractivity contribution >= 4 is 19.7 Å². The molecule has 1 N–H and O–H groups in total. The SMILES string of the molecule is Cc1nc(C(F)F)c(O)cc1S(=O)(=O)Cl. The molecule has 0 saturated carbocycles. The molecule has 0 atom stereocenters. The number of hydrogen-bond acceptors (Lipinski definition) is 4. The number of alkyl halides is 2. The first kappa shape index (κ1) is 12.1. The molecule has 0 spiro atoms. The van der Waals surface area contributed by atoms with Crippen LogP contribution in [0.25, 0.3) is 0 Å². The number of hydrogen-bond donors (Lipinski definition) is 1. The van der Waals surface area contributed by atoms with E-state index in [-0.39, 0.29) is 5.69 Å². The third kappa shape index (κ3) is 2.54. The van der Waals surface area contributed by atoms with Gasteiger partial charge in [-0.05, 0) is 6.92 Å². The van der Waals surface area contributed by atoms with Crippen LogP contribution in [0.1, 0.15) is 17.8 Å². The van der Waals surface area contributed by atoms with E-state index in [1.807, 2.05) is 0 Å². The minimum absolute atomic E-state index is 0.182. The van der Waals surface area contributed by atoms with Crippen LogP contribution in [0.15, 0.2) is 11.0 Å². The van der Waals surface area contributed by atoms with E-state index in [0.29, 0.717) is 6.07 Å². The van der Waals surface area contributed by atoms with Crippen LogP contribution >= 0.6 is 10.7 Å². The van der Waals surface area contributed by atoms with Gasteiger partial charge in [0.05, 0.1) is 5.69 Å². The Hall–Kier alpha value is -0.950. The predicted molar refractivity (Wildman–Crippen MR) is 48.6 cm³/mol. The number of rotatable bonds is 2. The molecule has 1 aromatic rings. The zero-order valence-electron chi connectivity index (χ0n) is 7.41. The summed E-state index contributed by atoms with van der Waals surface area (Å²) in [5.41, 5.74) is -1.05. The first-order valence-electron chi connectivity index (χ1n) is 3.67. The highest BCUT2D eigenvalue weighted by molar-refractivity contribution is 8.13. The lowest BCUT2D eigenvalue weighted by molar-refractivity contribution is 0.141. The molecule has 0 aliphatic rings. The standard InChI is InChI=1S/C7H6ClF2NO3S/c1-3-5(15(8,13)14)2-4(12)6(11-3)7(9)10/h2,7,12H,1H3. The van der Waals surface area contributed by atoms with Gasteiger partial charge in [0.25, 0.3) is 15.5 Å². The Morgan fingerprint density at radius 1 is 1.53 bits per heavy atom. The number of aromatic nitrogens is 1. The average Bonchev–Trinajstić information content (AvgIpc) is 2.06. The van der Waals surface area contributed by atoms with Gasteiger partial charge in [-0.3, -0.25) is 0 Å². The Morgan fingerprint density at radius 3 is 2.47 bits per heavy atom. The van der Waals surface area contributed by atoms with Gasteiger partial charge in [0.1, 0.15) is 16.3 Å². The van der Waals surface area contributed by atoms with E-state index in [4.69, 9.17) is 15.8 Å². The maximum atomic E-state index is 12.2. The number of halogens is 3. The predicted octanol–water partition coefficient (Wildman–Crippen LogP) is 1.96. The maximum absolute atomic E-state index is 12.2. The van der Waals surface area contributed by atoms with Gasteiger partial charge >= 0.3 is 0 Å². The number of aryl methyl sites for hydroxylation is 1. The van der Waals surface area contributed by atoms with Crippen molar-refractivity contribution in [3.8, 4) is 5.75 Å². The summed E-state index contributed by atoms with van der Waals surface area (Å²) in [4.78, 5) is 2.79. The molecule has 1 rings (SSSR count). The summed E-state index contributed by atoms with van der Waals surface area (Å²) in [6.07, 6.45) is -2.98. The first-order valence-corrected chi connectivity index (χ1v) is 5.97. The molecule has 0 saturated heterocycles. The van der Waals surface area contributed by atoms with Crippen molar-refractivity contribution in [2.24, 2.45) is 0 Å². The molecule has 0 unspecified atom stereocenters. The molecule has 1 heterocycles. The number of nitrogens with zero attached hydrogens (tertiary/aromatic N) is 1. The van der Waals surface area contributed by atoms with Crippen LogP contribution in [0, 0.1) is 6.92 Å². The molecule has 0 radical (unpaired) electrons. The van der Waals surface area contributed by atoms with Crippen molar-refractivity contribution in [1.29, 1.82) is 0 Å². The molecule has 15 heavy (non-hydrogen) atoms. The molecule has 8 heteroatoms. The summed E-state index contributed by atoms with van der Waals surface area (Å²) < 4.78 is 46.3. The van der Waals surface area contributed by atoms with Crippen molar-refractivity contribution < 1.29 is 22.3 Å². The van der Waals surface area contributed by atoms with E-state index in [0.717, 1.165) is 0 Å². The van der Waals surface area contributed by atoms with Gasteiger partial charge in [0.15, 0.2) is 0 Å². The van der Waals surface area contributed by atoms with E-state index in [9.17, 15) is 17.2 Å². The van der Waals surface area contributed by atoms with E-state index in [1.165, 1.54) is 6.92 Å². The fourth-order valence-corrected chi connectivity index (χ4v) is 2.12. The second kappa shape index (κ2) is 3.90. The Kier molecular flexibility index (Phi) is 3.15. The van der Waals surface area contributed by atoms with Gasteiger partial charge in [0.2, 0.25) is 0 Å². The Bertz CT molecular complexity index is 489. The Labute approximate surface area is 88.9 Å². The maximum Gasteiger partial charge on any atom is 0.284 e. The van der Waals surface area contributed by atoms with E-state index in [2.05, 4.69) is 4.98 Å². The van der Waals surface area contributed by atoms with Crippen LogP contribution in [0.5, 0.6) is 5.75 Å². The zero-order valence-corrected chi connectivity index (χ0v) is 8.98. The molecular weight excluding hydrogens is 252 g/mol. The quantitative estimate of drug-likeness (QED) is 0.823. The molecule has 0 aromatic carbocycles. The van der Waals surface area contributed by atoms with Gasteiger partial charge in [-0.25, -0.2) is 22.2 Å². The molecule has 0 bridgehead atoms. The summed E-state index contributed by atoms with van der Waals surface area (Å²) in [5, 5.41) is 9.08. The van der Waals surface area contributed by atoms with Gasteiger partial charge < -0.3 is 5.11 Å².